The monoisotopic (exact) mass is 409 g/mol. The van der Waals surface area contributed by atoms with E-state index in [9.17, 15) is 4.79 Å². The average Bonchev–Trinajstić information content (AvgIpc) is 3.16. The zero-order chi connectivity index (χ0) is 19.5. The first kappa shape index (κ1) is 19.2. The maximum Gasteiger partial charge on any atom is 0.257 e. The summed E-state index contributed by atoms with van der Waals surface area (Å²) in [6.45, 7) is 0. The van der Waals surface area contributed by atoms with Crippen LogP contribution in [0.25, 0.3) is 11.3 Å². The summed E-state index contributed by atoms with van der Waals surface area (Å²) in [5.41, 5.74) is 5.59. The fourth-order valence-corrected chi connectivity index (χ4v) is 4.80. The summed E-state index contributed by atoms with van der Waals surface area (Å²) in [5.74, 6) is -0.132. The lowest BCUT2D eigenvalue weighted by Gasteiger charge is -2.16. The molecule has 28 heavy (non-hydrogen) atoms. The number of nitrogens with one attached hydrogen (secondary N) is 1. The van der Waals surface area contributed by atoms with Gasteiger partial charge in [-0.2, -0.15) is 0 Å². The molecule has 0 atom stereocenters. The molecule has 0 spiro atoms. The van der Waals surface area contributed by atoms with Crippen LogP contribution in [0, 0.1) is 0 Å². The van der Waals surface area contributed by atoms with Gasteiger partial charge in [0.25, 0.3) is 5.91 Å². The van der Waals surface area contributed by atoms with E-state index in [4.69, 9.17) is 0 Å². The molecule has 1 heterocycles. The fraction of sp³-hybridized carbons (Fsp3) is 0.273. The summed E-state index contributed by atoms with van der Waals surface area (Å²) >= 11 is 3.09. The highest BCUT2D eigenvalue weighted by Crippen LogP contribution is 2.30. The third kappa shape index (κ3) is 4.46. The van der Waals surface area contributed by atoms with Crippen molar-refractivity contribution < 1.29 is 4.79 Å². The second-order valence-electron chi connectivity index (χ2n) is 7.11. The molecule has 144 valence electrons. The number of hydrogen-bond acceptors (Lipinski definition) is 5. The number of benzene rings is 2. The Morgan fingerprint density at radius 2 is 1.82 bits per heavy atom. The topological polar surface area (TPSA) is 45.2 Å². The molecule has 4 nitrogen and oxygen atoms in total. The molecule has 1 aliphatic carbocycles. The zero-order valence-corrected chi connectivity index (χ0v) is 17.7. The van der Waals surface area contributed by atoms with E-state index in [1.165, 1.54) is 41.7 Å². The molecule has 3 aromatic rings. The number of carbonyl (C=O) groups excluding carboxylic acids is 1. The SMILES string of the molecule is CN(C)Sc1ccc(C(=O)Nc2nc(-c3ccc4c(c3)CCCC4)cs2)cc1. The first-order valence-electron chi connectivity index (χ1n) is 9.43. The summed E-state index contributed by atoms with van der Waals surface area (Å²) in [4.78, 5) is 18.3. The summed E-state index contributed by atoms with van der Waals surface area (Å²) < 4.78 is 2.02. The van der Waals surface area contributed by atoms with Gasteiger partial charge in [-0.1, -0.05) is 12.1 Å². The molecule has 0 saturated carbocycles. The second-order valence-corrected chi connectivity index (χ2v) is 9.35. The Bertz CT molecular complexity index is 980. The number of carbonyl (C=O) groups is 1. The molecule has 1 aliphatic rings. The van der Waals surface area contributed by atoms with Gasteiger partial charge in [-0.3, -0.25) is 14.4 Å². The maximum atomic E-state index is 12.5. The minimum Gasteiger partial charge on any atom is -0.298 e. The van der Waals surface area contributed by atoms with Crippen LogP contribution in [0.15, 0.2) is 52.7 Å². The van der Waals surface area contributed by atoms with Gasteiger partial charge in [0.1, 0.15) is 0 Å². The number of rotatable bonds is 5. The van der Waals surface area contributed by atoms with Gasteiger partial charge in [-0.15, -0.1) is 11.3 Å². The standard InChI is InChI=1S/C22H23N3OS2/c1-25(2)28-19-11-9-16(10-12-19)21(26)24-22-23-20(14-27-22)18-8-7-15-5-3-4-6-17(15)13-18/h7-14H,3-6H2,1-2H3,(H,23,24,26). The molecule has 4 rings (SSSR count). The lowest BCUT2D eigenvalue weighted by Crippen LogP contribution is -2.11. The van der Waals surface area contributed by atoms with Crippen LogP contribution in [0.2, 0.25) is 0 Å². The summed E-state index contributed by atoms with van der Waals surface area (Å²) in [7, 11) is 3.99. The second kappa shape index (κ2) is 8.47. The molecule has 0 bridgehead atoms. The lowest BCUT2D eigenvalue weighted by atomic mass is 9.90. The van der Waals surface area contributed by atoms with Crippen molar-refractivity contribution in [1.82, 2.24) is 9.29 Å². The molecule has 1 aromatic heterocycles. The number of thiazole rings is 1. The number of fused-ring (bicyclic) bond motifs is 1. The molecule has 2 aromatic carbocycles. The first-order chi connectivity index (χ1) is 13.6. The molecule has 0 unspecified atom stereocenters. The zero-order valence-electron chi connectivity index (χ0n) is 16.1. The third-order valence-electron chi connectivity index (χ3n) is 4.77. The van der Waals surface area contributed by atoms with Crippen molar-refractivity contribution in [2.45, 2.75) is 30.6 Å². The van der Waals surface area contributed by atoms with E-state index in [1.807, 2.05) is 48.0 Å². The minimum absolute atomic E-state index is 0.132. The highest BCUT2D eigenvalue weighted by atomic mass is 32.2. The van der Waals surface area contributed by atoms with Crippen LogP contribution < -0.4 is 5.32 Å². The summed E-state index contributed by atoms with van der Waals surface area (Å²) in [6.07, 6.45) is 4.88. The van der Waals surface area contributed by atoms with Crippen LogP contribution in [0.5, 0.6) is 0 Å². The number of aryl methyl sites for hydroxylation is 2. The molecule has 0 saturated heterocycles. The van der Waals surface area contributed by atoms with Gasteiger partial charge in [0.05, 0.1) is 5.69 Å². The molecule has 1 amide bonds. The fourth-order valence-electron chi connectivity index (χ4n) is 3.40. The number of aromatic nitrogens is 1. The van der Waals surface area contributed by atoms with E-state index < -0.39 is 0 Å². The molecule has 0 aliphatic heterocycles. The number of amides is 1. The molecule has 0 fully saturated rings. The Labute approximate surface area is 174 Å². The smallest absolute Gasteiger partial charge is 0.257 e. The van der Waals surface area contributed by atoms with Gasteiger partial charge in [0, 0.05) is 21.4 Å². The predicted molar refractivity (Wildman–Crippen MR) is 118 cm³/mol. The van der Waals surface area contributed by atoms with Gasteiger partial charge >= 0.3 is 0 Å². The van der Waals surface area contributed by atoms with Crippen molar-refractivity contribution in [3.8, 4) is 11.3 Å². The Kier molecular flexibility index (Phi) is 5.80. The van der Waals surface area contributed by atoms with Crippen LogP contribution in [-0.4, -0.2) is 29.3 Å². The van der Waals surface area contributed by atoms with Crippen molar-refractivity contribution >= 4 is 34.3 Å². The summed E-state index contributed by atoms with van der Waals surface area (Å²) in [6, 6.07) is 14.2. The lowest BCUT2D eigenvalue weighted by molar-refractivity contribution is 0.102. The Morgan fingerprint density at radius 1 is 1.07 bits per heavy atom. The van der Waals surface area contributed by atoms with Crippen molar-refractivity contribution in [2.75, 3.05) is 19.4 Å². The van der Waals surface area contributed by atoms with Crippen molar-refractivity contribution in [2.24, 2.45) is 0 Å². The molecular weight excluding hydrogens is 386 g/mol. The highest BCUT2D eigenvalue weighted by molar-refractivity contribution is 7.97. The quantitative estimate of drug-likeness (QED) is 0.564. The van der Waals surface area contributed by atoms with Crippen LogP contribution in [0.3, 0.4) is 0 Å². The van der Waals surface area contributed by atoms with Crippen molar-refractivity contribution in [3.63, 3.8) is 0 Å². The van der Waals surface area contributed by atoms with Crippen molar-refractivity contribution in [3.05, 3.63) is 64.5 Å². The van der Waals surface area contributed by atoms with Crippen LogP contribution in [-0.2, 0) is 12.8 Å². The van der Waals surface area contributed by atoms with Gasteiger partial charge in [0.15, 0.2) is 5.13 Å². The number of anilines is 1. The van der Waals surface area contributed by atoms with Gasteiger partial charge in [-0.25, -0.2) is 4.98 Å². The molecule has 6 heteroatoms. The van der Waals surface area contributed by atoms with E-state index in [2.05, 4.69) is 28.5 Å². The van der Waals surface area contributed by atoms with E-state index in [1.54, 1.807) is 11.9 Å². The predicted octanol–water partition coefficient (Wildman–Crippen LogP) is 5.51. The first-order valence-corrected chi connectivity index (χ1v) is 11.1. The third-order valence-corrected chi connectivity index (χ3v) is 6.38. The van der Waals surface area contributed by atoms with Crippen LogP contribution in [0.1, 0.15) is 34.3 Å². The summed E-state index contributed by atoms with van der Waals surface area (Å²) in [5, 5.41) is 5.56. The van der Waals surface area contributed by atoms with Crippen LogP contribution in [0.4, 0.5) is 5.13 Å². The average molecular weight is 410 g/mol. The Morgan fingerprint density at radius 3 is 2.57 bits per heavy atom. The van der Waals surface area contributed by atoms with E-state index >= 15 is 0 Å². The van der Waals surface area contributed by atoms with E-state index in [0.717, 1.165) is 22.6 Å². The highest BCUT2D eigenvalue weighted by Gasteiger charge is 2.13. The van der Waals surface area contributed by atoms with Crippen molar-refractivity contribution in [1.29, 1.82) is 0 Å². The normalized spacial score (nSPS) is 13.4. The number of hydrogen-bond donors (Lipinski definition) is 1. The van der Waals surface area contributed by atoms with E-state index in [0.29, 0.717) is 10.7 Å². The van der Waals surface area contributed by atoms with E-state index in [-0.39, 0.29) is 5.91 Å². The Balaban J connectivity index is 1.45. The molecule has 1 N–H and O–H groups in total. The minimum atomic E-state index is -0.132. The maximum absolute atomic E-state index is 12.5. The van der Waals surface area contributed by atoms with Gasteiger partial charge in [-0.05, 0) is 93.2 Å². The molecule has 0 radical (unpaired) electrons. The largest absolute Gasteiger partial charge is 0.298 e. The van der Waals surface area contributed by atoms with Gasteiger partial charge in [0.2, 0.25) is 0 Å². The Hall–Kier alpha value is -2.15. The number of nitrogens with zero attached hydrogens (tertiary/aromatic N) is 2. The van der Waals surface area contributed by atoms with Gasteiger partial charge < -0.3 is 0 Å². The van der Waals surface area contributed by atoms with Crippen LogP contribution >= 0.6 is 23.3 Å². The molecular formula is C22H23N3OS2.